The lowest BCUT2D eigenvalue weighted by atomic mass is 9.86. The summed E-state index contributed by atoms with van der Waals surface area (Å²) in [5.74, 6) is 0.177. The van der Waals surface area contributed by atoms with E-state index in [1.165, 1.54) is 11.1 Å². The van der Waals surface area contributed by atoms with Crippen LogP contribution in [0.25, 0.3) is 0 Å². The monoisotopic (exact) mass is 253 g/mol. The van der Waals surface area contributed by atoms with Gasteiger partial charge in [-0.25, -0.2) is 0 Å². The van der Waals surface area contributed by atoms with Crippen LogP contribution < -0.4 is 5.32 Å². The first-order valence-corrected chi connectivity index (χ1v) is 6.55. The Morgan fingerprint density at radius 2 is 1.32 bits per heavy atom. The summed E-state index contributed by atoms with van der Waals surface area (Å²) in [6, 6.07) is 20.6. The Morgan fingerprint density at radius 3 is 1.68 bits per heavy atom. The summed E-state index contributed by atoms with van der Waals surface area (Å²) in [4.78, 5) is 11.3. The molecule has 1 atom stereocenters. The van der Waals surface area contributed by atoms with Crippen LogP contribution in [0.2, 0.25) is 0 Å². The standard InChI is InChI=1S/C17H19NO/c1-13(18-14(2)19)17(15-9-5-3-6-10-15)16-11-7-4-8-12-16/h3-13,17H,1-2H3,(H,18,19)/t13-/m0/s1. The summed E-state index contributed by atoms with van der Waals surface area (Å²) in [5, 5.41) is 3.00. The fourth-order valence-corrected chi connectivity index (χ4v) is 2.49. The minimum atomic E-state index is 0.00404. The van der Waals surface area contributed by atoms with Crippen LogP contribution in [0, 0.1) is 0 Å². The van der Waals surface area contributed by atoms with Crippen molar-refractivity contribution in [2.24, 2.45) is 0 Å². The molecular formula is C17H19NO. The molecule has 2 rings (SSSR count). The molecule has 19 heavy (non-hydrogen) atoms. The van der Waals surface area contributed by atoms with Crippen molar-refractivity contribution in [2.75, 3.05) is 0 Å². The maximum absolute atomic E-state index is 11.3. The molecular weight excluding hydrogens is 234 g/mol. The van der Waals surface area contributed by atoms with Gasteiger partial charge in [0.15, 0.2) is 0 Å². The Labute approximate surface area is 114 Å². The summed E-state index contributed by atoms with van der Waals surface area (Å²) in [6.45, 7) is 3.61. The number of rotatable bonds is 4. The van der Waals surface area contributed by atoms with Crippen molar-refractivity contribution in [1.29, 1.82) is 0 Å². The van der Waals surface area contributed by atoms with Gasteiger partial charge in [0.2, 0.25) is 5.91 Å². The predicted octanol–water partition coefficient (Wildman–Crippen LogP) is 3.34. The van der Waals surface area contributed by atoms with Gasteiger partial charge in [0.25, 0.3) is 0 Å². The number of hydrogen-bond donors (Lipinski definition) is 1. The Bertz CT molecular complexity index is 482. The van der Waals surface area contributed by atoms with E-state index in [-0.39, 0.29) is 17.9 Å². The second-order valence-electron chi connectivity index (χ2n) is 4.79. The minimum absolute atomic E-state index is 0.00404. The van der Waals surface area contributed by atoms with Crippen molar-refractivity contribution in [1.82, 2.24) is 5.32 Å². The van der Waals surface area contributed by atoms with Crippen LogP contribution in [-0.4, -0.2) is 11.9 Å². The molecule has 1 amide bonds. The number of nitrogens with one attached hydrogen (secondary N) is 1. The Balaban J connectivity index is 2.37. The third kappa shape index (κ3) is 3.44. The van der Waals surface area contributed by atoms with Gasteiger partial charge >= 0.3 is 0 Å². The fraction of sp³-hybridized carbons (Fsp3) is 0.235. The van der Waals surface area contributed by atoms with E-state index in [9.17, 15) is 4.79 Å². The summed E-state index contributed by atoms with van der Waals surface area (Å²) in [7, 11) is 0. The molecule has 0 aliphatic carbocycles. The number of hydrogen-bond acceptors (Lipinski definition) is 1. The predicted molar refractivity (Wildman–Crippen MR) is 78.0 cm³/mol. The van der Waals surface area contributed by atoms with Gasteiger partial charge in [0.1, 0.15) is 0 Å². The zero-order chi connectivity index (χ0) is 13.7. The summed E-state index contributed by atoms with van der Waals surface area (Å²) < 4.78 is 0. The molecule has 0 saturated heterocycles. The largest absolute Gasteiger partial charge is 0.353 e. The molecule has 0 bridgehead atoms. The molecule has 0 fully saturated rings. The van der Waals surface area contributed by atoms with Crippen molar-refractivity contribution in [3.63, 3.8) is 0 Å². The van der Waals surface area contributed by atoms with Gasteiger partial charge in [0, 0.05) is 18.9 Å². The van der Waals surface area contributed by atoms with Crippen LogP contribution in [0.4, 0.5) is 0 Å². The molecule has 2 heteroatoms. The van der Waals surface area contributed by atoms with E-state index in [1.807, 2.05) is 43.3 Å². The van der Waals surface area contributed by atoms with Gasteiger partial charge in [-0.3, -0.25) is 4.79 Å². The van der Waals surface area contributed by atoms with Gasteiger partial charge in [-0.05, 0) is 18.1 Å². The topological polar surface area (TPSA) is 29.1 Å². The first kappa shape index (κ1) is 13.3. The first-order valence-electron chi connectivity index (χ1n) is 6.55. The number of benzene rings is 2. The maximum Gasteiger partial charge on any atom is 0.217 e. The molecule has 2 aromatic carbocycles. The van der Waals surface area contributed by atoms with Crippen molar-refractivity contribution in [2.45, 2.75) is 25.8 Å². The SMILES string of the molecule is CC(=O)N[C@@H](C)C(c1ccccc1)c1ccccc1. The molecule has 0 radical (unpaired) electrons. The highest BCUT2D eigenvalue weighted by atomic mass is 16.1. The van der Waals surface area contributed by atoms with Crippen LogP contribution in [0.5, 0.6) is 0 Å². The van der Waals surface area contributed by atoms with Crippen LogP contribution in [-0.2, 0) is 4.79 Å². The lowest BCUT2D eigenvalue weighted by Crippen LogP contribution is -2.36. The zero-order valence-corrected chi connectivity index (χ0v) is 11.3. The number of amides is 1. The number of carbonyl (C=O) groups is 1. The van der Waals surface area contributed by atoms with Crippen molar-refractivity contribution in [3.05, 3.63) is 71.8 Å². The molecule has 0 aliphatic rings. The van der Waals surface area contributed by atoms with Gasteiger partial charge < -0.3 is 5.32 Å². The van der Waals surface area contributed by atoms with Crippen molar-refractivity contribution >= 4 is 5.91 Å². The van der Waals surface area contributed by atoms with Crippen molar-refractivity contribution < 1.29 is 4.79 Å². The average molecular weight is 253 g/mol. The maximum atomic E-state index is 11.3. The van der Waals surface area contributed by atoms with Gasteiger partial charge in [-0.2, -0.15) is 0 Å². The van der Waals surface area contributed by atoms with E-state index >= 15 is 0 Å². The molecule has 0 heterocycles. The second-order valence-corrected chi connectivity index (χ2v) is 4.79. The molecule has 98 valence electrons. The molecule has 2 aromatic rings. The van der Waals surface area contributed by atoms with E-state index in [4.69, 9.17) is 0 Å². The molecule has 0 spiro atoms. The summed E-state index contributed by atoms with van der Waals surface area (Å²) >= 11 is 0. The number of carbonyl (C=O) groups excluding carboxylic acids is 1. The molecule has 2 nitrogen and oxygen atoms in total. The smallest absolute Gasteiger partial charge is 0.217 e. The molecule has 0 aliphatic heterocycles. The van der Waals surface area contributed by atoms with Crippen LogP contribution in [0.15, 0.2) is 60.7 Å². The van der Waals surface area contributed by atoms with E-state index in [1.54, 1.807) is 6.92 Å². The molecule has 0 unspecified atom stereocenters. The lowest BCUT2D eigenvalue weighted by Gasteiger charge is -2.25. The third-order valence-corrected chi connectivity index (χ3v) is 3.25. The van der Waals surface area contributed by atoms with Gasteiger partial charge in [-0.15, -0.1) is 0 Å². The highest BCUT2D eigenvalue weighted by molar-refractivity contribution is 5.73. The van der Waals surface area contributed by atoms with Crippen LogP contribution in [0.3, 0.4) is 0 Å². The quantitative estimate of drug-likeness (QED) is 0.889. The normalized spacial score (nSPS) is 12.2. The third-order valence-electron chi connectivity index (χ3n) is 3.25. The first-order chi connectivity index (χ1) is 9.18. The fourth-order valence-electron chi connectivity index (χ4n) is 2.49. The van der Waals surface area contributed by atoms with Crippen molar-refractivity contribution in [3.8, 4) is 0 Å². The van der Waals surface area contributed by atoms with Gasteiger partial charge in [0.05, 0.1) is 0 Å². The van der Waals surface area contributed by atoms with E-state index < -0.39 is 0 Å². The highest BCUT2D eigenvalue weighted by Crippen LogP contribution is 2.27. The minimum Gasteiger partial charge on any atom is -0.353 e. The summed E-state index contributed by atoms with van der Waals surface area (Å²) in [6.07, 6.45) is 0. The van der Waals surface area contributed by atoms with Crippen LogP contribution >= 0.6 is 0 Å². The Kier molecular flexibility index (Phi) is 4.35. The van der Waals surface area contributed by atoms with E-state index in [0.717, 1.165) is 0 Å². The molecule has 0 aromatic heterocycles. The molecule has 1 N–H and O–H groups in total. The Hall–Kier alpha value is -2.09. The Morgan fingerprint density at radius 1 is 0.895 bits per heavy atom. The highest BCUT2D eigenvalue weighted by Gasteiger charge is 2.21. The lowest BCUT2D eigenvalue weighted by molar-refractivity contribution is -0.119. The van der Waals surface area contributed by atoms with Gasteiger partial charge in [-0.1, -0.05) is 60.7 Å². The molecule has 0 saturated carbocycles. The van der Waals surface area contributed by atoms with E-state index in [2.05, 4.69) is 29.6 Å². The zero-order valence-electron chi connectivity index (χ0n) is 11.3. The van der Waals surface area contributed by atoms with Crippen LogP contribution in [0.1, 0.15) is 30.9 Å². The second kappa shape index (κ2) is 6.19. The van der Waals surface area contributed by atoms with E-state index in [0.29, 0.717) is 0 Å². The average Bonchev–Trinajstić information content (AvgIpc) is 2.40. The summed E-state index contributed by atoms with van der Waals surface area (Å²) in [5.41, 5.74) is 2.44.